The van der Waals surface area contributed by atoms with Gasteiger partial charge in [0.2, 0.25) is 0 Å². The van der Waals surface area contributed by atoms with Gasteiger partial charge < -0.3 is 20.3 Å². The maximum atomic E-state index is 12.2. The minimum atomic E-state index is -0.0759. The van der Waals surface area contributed by atoms with E-state index >= 15 is 0 Å². The van der Waals surface area contributed by atoms with Gasteiger partial charge in [0.15, 0.2) is 0 Å². The summed E-state index contributed by atoms with van der Waals surface area (Å²) in [4.78, 5) is 14.8. The zero-order chi connectivity index (χ0) is 17.5. The van der Waals surface area contributed by atoms with Gasteiger partial charge in [0, 0.05) is 24.6 Å². The molecule has 5 heteroatoms. The van der Waals surface area contributed by atoms with Gasteiger partial charge in [-0.3, -0.25) is 0 Å². The number of hydrogen-bond acceptors (Lipinski definition) is 3. The Labute approximate surface area is 151 Å². The summed E-state index contributed by atoms with van der Waals surface area (Å²) in [5.41, 5.74) is 1.07. The molecule has 0 radical (unpaired) electrons. The highest BCUT2D eigenvalue weighted by Gasteiger charge is 2.22. The minimum absolute atomic E-state index is 0.0409. The second-order valence-electron chi connectivity index (χ2n) is 7.22. The van der Waals surface area contributed by atoms with Crippen LogP contribution in [0.5, 0.6) is 5.75 Å². The number of likely N-dealkylation sites (tertiary alicyclic amines) is 1. The van der Waals surface area contributed by atoms with E-state index in [1.165, 1.54) is 25.8 Å². The van der Waals surface area contributed by atoms with Crippen molar-refractivity contribution >= 4 is 6.03 Å². The normalized spacial score (nSPS) is 23.4. The molecule has 2 atom stereocenters. The van der Waals surface area contributed by atoms with Crippen molar-refractivity contribution in [1.82, 2.24) is 15.5 Å². The fraction of sp³-hybridized carbons (Fsp3) is 0.650. The van der Waals surface area contributed by atoms with Crippen LogP contribution in [0.1, 0.15) is 57.1 Å². The first-order valence-electron chi connectivity index (χ1n) is 9.74. The first-order chi connectivity index (χ1) is 12.2. The Hall–Kier alpha value is -1.75. The van der Waals surface area contributed by atoms with Crippen LogP contribution in [0.2, 0.25) is 0 Å². The van der Waals surface area contributed by atoms with Crippen LogP contribution in [0.4, 0.5) is 4.79 Å². The van der Waals surface area contributed by atoms with E-state index < -0.39 is 0 Å². The molecule has 1 aromatic carbocycles. The summed E-state index contributed by atoms with van der Waals surface area (Å²) in [6.45, 7) is 6.10. The lowest BCUT2D eigenvalue weighted by atomic mass is 10.0. The predicted molar refractivity (Wildman–Crippen MR) is 99.9 cm³/mol. The van der Waals surface area contributed by atoms with E-state index in [-0.39, 0.29) is 12.1 Å². The van der Waals surface area contributed by atoms with Crippen LogP contribution in [0.3, 0.4) is 0 Å². The number of para-hydroxylation sites is 1. The molecule has 0 unspecified atom stereocenters. The van der Waals surface area contributed by atoms with E-state index in [0.717, 1.165) is 49.7 Å². The molecule has 2 aliphatic heterocycles. The third-order valence-electron chi connectivity index (χ3n) is 5.36. The van der Waals surface area contributed by atoms with Gasteiger partial charge in [0.05, 0.1) is 12.6 Å². The molecule has 25 heavy (non-hydrogen) atoms. The summed E-state index contributed by atoms with van der Waals surface area (Å²) in [5.74, 6) is 0.884. The molecular weight excluding hydrogens is 314 g/mol. The van der Waals surface area contributed by atoms with Gasteiger partial charge in [-0.15, -0.1) is 0 Å². The number of unbranched alkanes of at least 4 members (excludes halogenated alkanes) is 1. The van der Waals surface area contributed by atoms with Gasteiger partial charge in [-0.1, -0.05) is 24.6 Å². The smallest absolute Gasteiger partial charge is 0.315 e. The lowest BCUT2D eigenvalue weighted by Gasteiger charge is -2.33. The molecular formula is C20H31N3O2. The number of hydrogen-bond donors (Lipinski definition) is 2. The highest BCUT2D eigenvalue weighted by Crippen LogP contribution is 2.31. The average Bonchev–Trinajstić information content (AvgIpc) is 2.63. The molecule has 0 spiro atoms. The molecule has 2 aliphatic rings. The first-order valence-corrected chi connectivity index (χ1v) is 9.74. The molecule has 0 aromatic heterocycles. The van der Waals surface area contributed by atoms with E-state index in [1.54, 1.807) is 0 Å². The quantitative estimate of drug-likeness (QED) is 0.776. The Morgan fingerprint density at radius 3 is 3.00 bits per heavy atom. The Morgan fingerprint density at radius 2 is 2.12 bits per heavy atom. The maximum absolute atomic E-state index is 12.2. The molecule has 5 nitrogen and oxygen atoms in total. The second kappa shape index (κ2) is 9.09. The van der Waals surface area contributed by atoms with E-state index in [0.29, 0.717) is 6.61 Å². The van der Waals surface area contributed by atoms with Crippen molar-refractivity contribution in [1.29, 1.82) is 0 Å². The van der Waals surface area contributed by atoms with Crippen molar-refractivity contribution in [3.05, 3.63) is 29.8 Å². The molecule has 0 bridgehead atoms. The van der Waals surface area contributed by atoms with Gasteiger partial charge >= 0.3 is 6.03 Å². The largest absolute Gasteiger partial charge is 0.493 e. The number of fused-ring (bicyclic) bond motifs is 1. The predicted octanol–water partition coefficient (Wildman–Crippen LogP) is 3.46. The van der Waals surface area contributed by atoms with Crippen molar-refractivity contribution in [2.45, 2.75) is 57.5 Å². The fourth-order valence-electron chi connectivity index (χ4n) is 3.83. The third-order valence-corrected chi connectivity index (χ3v) is 5.36. The number of carbonyl (C=O) groups is 1. The minimum Gasteiger partial charge on any atom is -0.493 e. The molecule has 1 fully saturated rings. The van der Waals surface area contributed by atoms with Gasteiger partial charge in [0.1, 0.15) is 5.75 Å². The number of nitrogens with one attached hydrogen (secondary N) is 2. The van der Waals surface area contributed by atoms with Crippen LogP contribution in [-0.2, 0) is 0 Å². The van der Waals surface area contributed by atoms with Gasteiger partial charge in [-0.25, -0.2) is 4.79 Å². The van der Waals surface area contributed by atoms with Gasteiger partial charge in [0.25, 0.3) is 0 Å². The molecule has 138 valence electrons. The summed E-state index contributed by atoms with van der Waals surface area (Å²) >= 11 is 0. The third kappa shape index (κ3) is 5.11. The molecule has 0 aliphatic carbocycles. The number of urea groups is 1. The van der Waals surface area contributed by atoms with Crippen LogP contribution in [0.15, 0.2) is 24.3 Å². The summed E-state index contributed by atoms with van der Waals surface area (Å²) in [7, 11) is 0. The van der Waals surface area contributed by atoms with E-state index in [2.05, 4.69) is 22.5 Å². The number of rotatable bonds is 6. The number of piperidine rings is 1. The number of benzene rings is 1. The van der Waals surface area contributed by atoms with E-state index in [1.807, 2.05) is 24.3 Å². The second-order valence-corrected chi connectivity index (χ2v) is 7.22. The molecule has 2 amide bonds. The van der Waals surface area contributed by atoms with Crippen molar-refractivity contribution in [3.8, 4) is 5.75 Å². The van der Waals surface area contributed by atoms with Gasteiger partial charge in [-0.2, -0.15) is 0 Å². The number of ether oxygens (including phenoxy) is 1. The Kier molecular flexibility index (Phi) is 6.56. The van der Waals surface area contributed by atoms with Crippen molar-refractivity contribution in [2.75, 3.05) is 26.2 Å². The maximum Gasteiger partial charge on any atom is 0.315 e. The first kappa shape index (κ1) is 18.1. The zero-order valence-corrected chi connectivity index (χ0v) is 15.3. The highest BCUT2D eigenvalue weighted by atomic mass is 16.5. The van der Waals surface area contributed by atoms with Crippen molar-refractivity contribution in [2.24, 2.45) is 0 Å². The molecule has 0 saturated carbocycles. The van der Waals surface area contributed by atoms with E-state index in [9.17, 15) is 4.79 Å². The number of amides is 2. The summed E-state index contributed by atoms with van der Waals surface area (Å²) in [6.07, 6.45) is 7.02. The summed E-state index contributed by atoms with van der Waals surface area (Å²) in [6, 6.07) is 8.62. The Balaban J connectivity index is 1.34. The van der Waals surface area contributed by atoms with Crippen LogP contribution >= 0.6 is 0 Å². The van der Waals surface area contributed by atoms with Crippen LogP contribution < -0.4 is 15.4 Å². The summed E-state index contributed by atoms with van der Waals surface area (Å²) < 4.78 is 5.64. The molecule has 1 aromatic rings. The van der Waals surface area contributed by atoms with Crippen LogP contribution in [0, 0.1) is 0 Å². The molecule has 2 N–H and O–H groups in total. The molecule has 1 saturated heterocycles. The molecule has 2 heterocycles. The summed E-state index contributed by atoms with van der Waals surface area (Å²) in [5, 5.41) is 6.08. The standard InChI is InChI=1S/C20H31N3O2/c1-16-8-4-6-13-23(16)14-7-5-12-21-20(24)22-18-11-15-25-19-10-3-2-9-17(18)19/h2-3,9-10,16,18H,4-8,11-15H2,1H3,(H2,21,22,24)/t16-,18-/m1/s1. The highest BCUT2D eigenvalue weighted by molar-refractivity contribution is 5.74. The van der Waals surface area contributed by atoms with Crippen LogP contribution in [0.25, 0.3) is 0 Å². The average molecular weight is 345 g/mol. The topological polar surface area (TPSA) is 53.6 Å². The SMILES string of the molecule is C[C@@H]1CCCCN1CCCCNC(=O)N[C@@H]1CCOc2ccccc21. The van der Waals surface area contributed by atoms with E-state index in [4.69, 9.17) is 4.74 Å². The van der Waals surface area contributed by atoms with Crippen LogP contribution in [-0.4, -0.2) is 43.2 Å². The Bertz CT molecular complexity index is 564. The van der Waals surface area contributed by atoms with Crippen molar-refractivity contribution < 1.29 is 9.53 Å². The van der Waals surface area contributed by atoms with Gasteiger partial charge in [-0.05, 0) is 51.8 Å². The lowest BCUT2D eigenvalue weighted by Crippen LogP contribution is -2.40. The fourth-order valence-corrected chi connectivity index (χ4v) is 3.83. The lowest BCUT2D eigenvalue weighted by molar-refractivity contribution is 0.158. The zero-order valence-electron chi connectivity index (χ0n) is 15.3. The monoisotopic (exact) mass is 345 g/mol. The Morgan fingerprint density at radius 1 is 1.24 bits per heavy atom. The number of nitrogens with zero attached hydrogens (tertiary/aromatic N) is 1. The van der Waals surface area contributed by atoms with Crippen molar-refractivity contribution in [3.63, 3.8) is 0 Å². The molecule has 3 rings (SSSR count). The number of carbonyl (C=O) groups excluding carboxylic acids is 1.